The van der Waals surface area contributed by atoms with E-state index in [4.69, 9.17) is 14.7 Å². The van der Waals surface area contributed by atoms with E-state index in [-0.39, 0.29) is 27.7 Å². The number of primary amides is 1. The molecule has 10 heteroatoms. The number of aryl methyl sites for hydroxylation is 1. The molecule has 134 valence electrons. The van der Waals surface area contributed by atoms with Gasteiger partial charge in [-0.2, -0.15) is 8.42 Å². The van der Waals surface area contributed by atoms with Crippen LogP contribution in [0.1, 0.15) is 20.8 Å². The van der Waals surface area contributed by atoms with E-state index in [9.17, 15) is 18.0 Å². The highest BCUT2D eigenvalue weighted by atomic mass is 32.2. The third kappa shape index (κ3) is 3.74. The van der Waals surface area contributed by atoms with E-state index < -0.39 is 22.0 Å². The summed E-state index contributed by atoms with van der Waals surface area (Å²) in [6.45, 7) is 0. The molecule has 1 aromatic carbocycles. The quantitative estimate of drug-likeness (QED) is 0.587. The molecule has 1 amide bonds. The molecule has 0 aliphatic carbocycles. The first-order valence-electron chi connectivity index (χ1n) is 6.86. The molecule has 1 heterocycles. The van der Waals surface area contributed by atoms with Crippen LogP contribution in [0.4, 0.5) is 0 Å². The van der Waals surface area contributed by atoms with Crippen molar-refractivity contribution in [3.8, 4) is 11.5 Å². The number of nitrogens with two attached hydrogens (primary N) is 1. The number of hydrogen-bond acceptors (Lipinski definition) is 7. The van der Waals surface area contributed by atoms with Crippen LogP contribution in [0.15, 0.2) is 35.4 Å². The van der Waals surface area contributed by atoms with Crippen LogP contribution in [-0.4, -0.2) is 39.1 Å². The lowest BCUT2D eigenvalue weighted by atomic mass is 10.2. The number of hydrogen-bond donors (Lipinski definition) is 1. The lowest BCUT2D eigenvalue weighted by Crippen LogP contribution is -2.14. The van der Waals surface area contributed by atoms with Gasteiger partial charge in [-0.15, -0.1) is 0 Å². The van der Waals surface area contributed by atoms with Crippen molar-refractivity contribution in [2.45, 2.75) is 4.90 Å². The lowest BCUT2D eigenvalue weighted by Gasteiger charge is -2.11. The fourth-order valence-electron chi connectivity index (χ4n) is 2.06. The topological polar surface area (TPSA) is 127 Å². The van der Waals surface area contributed by atoms with Gasteiger partial charge in [0.05, 0.1) is 14.2 Å². The lowest BCUT2D eigenvalue weighted by molar-refractivity contribution is 0.0598. The van der Waals surface area contributed by atoms with Crippen LogP contribution >= 0.6 is 0 Å². The minimum absolute atomic E-state index is 0.0130. The molecule has 0 fully saturated rings. The number of methoxy groups -OCH3 is 2. The van der Waals surface area contributed by atoms with Gasteiger partial charge in [-0.1, -0.05) is 0 Å². The number of carbonyl (C=O) groups is 2. The Morgan fingerprint density at radius 1 is 1.16 bits per heavy atom. The molecular formula is C15H16N2O7S. The summed E-state index contributed by atoms with van der Waals surface area (Å²) in [6.07, 6.45) is 1.17. The van der Waals surface area contributed by atoms with E-state index in [1.807, 2.05) is 0 Å². The van der Waals surface area contributed by atoms with Crippen molar-refractivity contribution in [2.75, 3.05) is 14.2 Å². The Morgan fingerprint density at radius 3 is 2.36 bits per heavy atom. The zero-order valence-corrected chi connectivity index (χ0v) is 14.5. The molecule has 25 heavy (non-hydrogen) atoms. The van der Waals surface area contributed by atoms with E-state index in [0.717, 1.165) is 13.2 Å². The molecule has 9 nitrogen and oxygen atoms in total. The van der Waals surface area contributed by atoms with Crippen molar-refractivity contribution < 1.29 is 31.7 Å². The van der Waals surface area contributed by atoms with Gasteiger partial charge in [-0.3, -0.25) is 4.79 Å². The Kier molecular flexibility index (Phi) is 5.02. The average Bonchev–Trinajstić information content (AvgIpc) is 2.96. The van der Waals surface area contributed by atoms with E-state index in [1.54, 1.807) is 0 Å². The molecule has 0 aliphatic heterocycles. The van der Waals surface area contributed by atoms with Crippen molar-refractivity contribution in [1.29, 1.82) is 0 Å². The summed E-state index contributed by atoms with van der Waals surface area (Å²) < 4.78 is 40.9. The second-order valence-corrected chi connectivity index (χ2v) is 6.47. The Morgan fingerprint density at radius 2 is 1.84 bits per heavy atom. The van der Waals surface area contributed by atoms with Crippen LogP contribution in [0, 0.1) is 0 Å². The maximum atomic E-state index is 12.5. The van der Waals surface area contributed by atoms with Crippen molar-refractivity contribution in [3.63, 3.8) is 0 Å². The fourth-order valence-corrected chi connectivity index (χ4v) is 3.07. The van der Waals surface area contributed by atoms with Gasteiger partial charge in [0.15, 0.2) is 5.75 Å². The number of amides is 1. The van der Waals surface area contributed by atoms with Gasteiger partial charge in [0, 0.05) is 19.3 Å². The van der Waals surface area contributed by atoms with Crippen LogP contribution < -0.4 is 14.7 Å². The standard InChI is InChI=1S/C15H16N2O7S/c1-17-8-10(7-12(17)14(16)18)25(20,21)24-13-6-9(22-2)4-5-11(13)15(19)23-3/h4-8H,1-3H3,(H2,16,18). The number of rotatable bonds is 6. The van der Waals surface area contributed by atoms with Gasteiger partial charge in [0.2, 0.25) is 0 Å². The van der Waals surface area contributed by atoms with E-state index in [2.05, 4.69) is 4.74 Å². The smallest absolute Gasteiger partial charge is 0.341 e. The van der Waals surface area contributed by atoms with Crippen LogP contribution in [0.2, 0.25) is 0 Å². The van der Waals surface area contributed by atoms with Gasteiger partial charge in [-0.05, 0) is 18.2 Å². The maximum absolute atomic E-state index is 12.5. The van der Waals surface area contributed by atoms with E-state index >= 15 is 0 Å². The average molecular weight is 368 g/mol. The molecule has 0 bridgehead atoms. The zero-order chi connectivity index (χ0) is 18.8. The molecule has 0 unspecified atom stereocenters. The molecule has 0 aliphatic rings. The Labute approximate surface area is 144 Å². The molecule has 0 atom stereocenters. The summed E-state index contributed by atoms with van der Waals surface area (Å²) in [7, 11) is -0.336. The monoisotopic (exact) mass is 368 g/mol. The molecule has 2 aromatic rings. The molecule has 2 N–H and O–H groups in total. The van der Waals surface area contributed by atoms with Crippen LogP contribution in [0.3, 0.4) is 0 Å². The number of esters is 1. The summed E-state index contributed by atoms with van der Waals surface area (Å²) in [5.74, 6) is -1.56. The van der Waals surface area contributed by atoms with Gasteiger partial charge in [0.1, 0.15) is 21.9 Å². The van der Waals surface area contributed by atoms with E-state index in [0.29, 0.717) is 0 Å². The summed E-state index contributed by atoms with van der Waals surface area (Å²) in [5, 5.41) is 0. The van der Waals surface area contributed by atoms with Crippen molar-refractivity contribution in [2.24, 2.45) is 12.8 Å². The number of benzene rings is 1. The van der Waals surface area contributed by atoms with Gasteiger partial charge in [-0.25, -0.2) is 4.79 Å². The Bertz CT molecular complexity index is 931. The molecule has 0 saturated carbocycles. The first-order chi connectivity index (χ1) is 11.7. The van der Waals surface area contributed by atoms with Gasteiger partial charge < -0.3 is 24.0 Å². The second kappa shape index (κ2) is 6.85. The fraction of sp³-hybridized carbons (Fsp3) is 0.200. The second-order valence-electron chi connectivity index (χ2n) is 4.93. The molecule has 2 rings (SSSR count). The SMILES string of the molecule is COC(=O)c1ccc(OC)cc1OS(=O)(=O)c1cc(C(N)=O)n(C)c1. The van der Waals surface area contributed by atoms with Crippen LogP contribution in [-0.2, 0) is 21.9 Å². The molecule has 0 spiro atoms. The highest BCUT2D eigenvalue weighted by Gasteiger charge is 2.25. The predicted octanol–water partition coefficient (Wildman–Crippen LogP) is 0.687. The third-order valence-corrected chi connectivity index (χ3v) is 4.51. The van der Waals surface area contributed by atoms with Gasteiger partial charge in [0.25, 0.3) is 5.91 Å². The maximum Gasteiger partial charge on any atom is 0.341 e. The first-order valence-corrected chi connectivity index (χ1v) is 8.27. The molecule has 0 saturated heterocycles. The largest absolute Gasteiger partial charge is 0.497 e. The number of nitrogens with zero attached hydrogens (tertiary/aromatic N) is 1. The Hall–Kier alpha value is -3.01. The Balaban J connectivity index is 2.48. The van der Waals surface area contributed by atoms with Crippen molar-refractivity contribution >= 4 is 22.0 Å². The highest BCUT2D eigenvalue weighted by Crippen LogP contribution is 2.29. The third-order valence-electron chi connectivity index (χ3n) is 3.31. The number of aromatic nitrogens is 1. The number of ether oxygens (including phenoxy) is 2. The first kappa shape index (κ1) is 18.3. The van der Waals surface area contributed by atoms with Gasteiger partial charge >= 0.3 is 16.1 Å². The van der Waals surface area contributed by atoms with Crippen LogP contribution in [0.25, 0.3) is 0 Å². The molecule has 1 aromatic heterocycles. The minimum atomic E-state index is -4.33. The normalized spacial score (nSPS) is 11.0. The summed E-state index contributed by atoms with van der Waals surface area (Å²) in [5.41, 5.74) is 5.06. The summed E-state index contributed by atoms with van der Waals surface area (Å²) in [6, 6.07) is 5.09. The molecular weight excluding hydrogens is 352 g/mol. The summed E-state index contributed by atoms with van der Waals surface area (Å²) in [4.78, 5) is 22.8. The predicted molar refractivity (Wildman–Crippen MR) is 86.1 cm³/mol. The summed E-state index contributed by atoms with van der Waals surface area (Å²) >= 11 is 0. The highest BCUT2D eigenvalue weighted by molar-refractivity contribution is 7.87. The number of carbonyl (C=O) groups excluding carboxylic acids is 2. The van der Waals surface area contributed by atoms with Crippen molar-refractivity contribution in [3.05, 3.63) is 41.7 Å². The van der Waals surface area contributed by atoms with E-state index in [1.165, 1.54) is 43.1 Å². The minimum Gasteiger partial charge on any atom is -0.497 e. The van der Waals surface area contributed by atoms with Crippen molar-refractivity contribution in [1.82, 2.24) is 4.57 Å². The molecule has 0 radical (unpaired) electrons. The zero-order valence-electron chi connectivity index (χ0n) is 13.7. The van der Waals surface area contributed by atoms with Crippen LogP contribution in [0.5, 0.6) is 11.5 Å².